The second-order valence-electron chi connectivity index (χ2n) is 5.24. The fourth-order valence-electron chi connectivity index (χ4n) is 2.69. The number of benzene rings is 1. The van der Waals surface area contributed by atoms with Gasteiger partial charge in [0.15, 0.2) is 5.78 Å². The summed E-state index contributed by atoms with van der Waals surface area (Å²) in [7, 11) is 0. The Morgan fingerprint density at radius 3 is 2.47 bits per heavy atom. The first-order valence-corrected chi connectivity index (χ1v) is 7.72. The van der Waals surface area contributed by atoms with Gasteiger partial charge in [0.05, 0.1) is 0 Å². The summed E-state index contributed by atoms with van der Waals surface area (Å²) in [5, 5.41) is 0. The molecule has 1 heterocycles. The molecule has 1 fully saturated rings. The number of ketones is 1. The first kappa shape index (κ1) is 14.5. The number of Topliss-reactive ketones (excluding diaryl/α,β-unsaturated/α-hetero) is 1. The van der Waals surface area contributed by atoms with E-state index in [1.807, 2.05) is 30.3 Å². The molecule has 3 heteroatoms. The van der Waals surface area contributed by atoms with Crippen molar-refractivity contribution in [2.24, 2.45) is 5.92 Å². The van der Waals surface area contributed by atoms with Gasteiger partial charge in [-0.2, -0.15) is 0 Å². The number of rotatable bonds is 6. The van der Waals surface area contributed by atoms with Crippen molar-refractivity contribution in [2.75, 3.05) is 25.5 Å². The molecule has 0 unspecified atom stereocenters. The van der Waals surface area contributed by atoms with E-state index in [-0.39, 0.29) is 5.92 Å². The molecule has 1 aromatic rings. The minimum atomic E-state index is 0.215. The van der Waals surface area contributed by atoms with Crippen LogP contribution in [0.3, 0.4) is 0 Å². The highest BCUT2D eigenvalue weighted by atomic mass is 35.5. The summed E-state index contributed by atoms with van der Waals surface area (Å²) in [5.41, 5.74) is 0.864. The van der Waals surface area contributed by atoms with E-state index in [1.165, 1.54) is 6.42 Å². The maximum atomic E-state index is 12.3. The third kappa shape index (κ3) is 4.32. The molecule has 0 aromatic heterocycles. The van der Waals surface area contributed by atoms with Crippen molar-refractivity contribution in [3.05, 3.63) is 35.9 Å². The summed E-state index contributed by atoms with van der Waals surface area (Å²) in [5.74, 6) is 1.29. The number of piperidine rings is 1. The highest BCUT2D eigenvalue weighted by Gasteiger charge is 2.25. The lowest BCUT2D eigenvalue weighted by Gasteiger charge is -2.31. The van der Waals surface area contributed by atoms with Crippen LogP contribution in [0.4, 0.5) is 0 Å². The van der Waals surface area contributed by atoms with Crippen LogP contribution in [0.15, 0.2) is 30.3 Å². The standard InChI is InChI=1S/C16H22ClNO/c17-10-4-5-11-18-12-8-15(9-13-18)16(19)14-6-2-1-3-7-14/h1-3,6-7,15H,4-5,8-13H2. The van der Waals surface area contributed by atoms with Crippen molar-refractivity contribution in [1.82, 2.24) is 4.90 Å². The summed E-state index contributed by atoms with van der Waals surface area (Å²) >= 11 is 5.69. The molecule has 0 amide bonds. The number of hydrogen-bond donors (Lipinski definition) is 0. The summed E-state index contributed by atoms with van der Waals surface area (Å²) in [6, 6.07) is 9.68. The van der Waals surface area contributed by atoms with Crippen LogP contribution in [0.25, 0.3) is 0 Å². The lowest BCUT2D eigenvalue weighted by molar-refractivity contribution is 0.0839. The van der Waals surface area contributed by atoms with Gasteiger partial charge in [0.25, 0.3) is 0 Å². The van der Waals surface area contributed by atoms with Crippen molar-refractivity contribution in [1.29, 1.82) is 0 Å². The molecule has 1 aliphatic rings. The fraction of sp³-hybridized carbons (Fsp3) is 0.562. The molecule has 0 aliphatic carbocycles. The van der Waals surface area contributed by atoms with Crippen LogP contribution in [-0.4, -0.2) is 36.2 Å². The zero-order chi connectivity index (χ0) is 13.5. The van der Waals surface area contributed by atoms with Crippen molar-refractivity contribution in [2.45, 2.75) is 25.7 Å². The highest BCUT2D eigenvalue weighted by molar-refractivity contribution is 6.17. The van der Waals surface area contributed by atoms with Crippen LogP contribution in [0, 0.1) is 5.92 Å². The van der Waals surface area contributed by atoms with Gasteiger partial charge in [-0.1, -0.05) is 30.3 Å². The first-order valence-electron chi connectivity index (χ1n) is 7.19. The van der Waals surface area contributed by atoms with Crippen molar-refractivity contribution < 1.29 is 4.79 Å². The van der Waals surface area contributed by atoms with Crippen molar-refractivity contribution in [3.63, 3.8) is 0 Å². The molecular formula is C16H22ClNO. The number of halogens is 1. The average molecular weight is 280 g/mol. The largest absolute Gasteiger partial charge is 0.303 e. The van der Waals surface area contributed by atoms with Gasteiger partial charge < -0.3 is 4.90 Å². The topological polar surface area (TPSA) is 20.3 Å². The Bertz CT molecular complexity index is 385. The van der Waals surface area contributed by atoms with Gasteiger partial charge in [-0.3, -0.25) is 4.79 Å². The highest BCUT2D eigenvalue weighted by Crippen LogP contribution is 2.21. The number of carbonyl (C=O) groups is 1. The van der Waals surface area contributed by atoms with Crippen LogP contribution >= 0.6 is 11.6 Å². The SMILES string of the molecule is O=C(c1ccccc1)C1CCN(CCCCCl)CC1. The molecule has 19 heavy (non-hydrogen) atoms. The number of hydrogen-bond acceptors (Lipinski definition) is 2. The molecule has 2 nitrogen and oxygen atoms in total. The van der Waals surface area contributed by atoms with Crippen LogP contribution in [-0.2, 0) is 0 Å². The monoisotopic (exact) mass is 279 g/mol. The van der Waals surface area contributed by atoms with Gasteiger partial charge in [0, 0.05) is 17.4 Å². The lowest BCUT2D eigenvalue weighted by Crippen LogP contribution is -2.36. The zero-order valence-corrected chi connectivity index (χ0v) is 12.1. The minimum Gasteiger partial charge on any atom is -0.303 e. The number of likely N-dealkylation sites (tertiary alicyclic amines) is 1. The van der Waals surface area contributed by atoms with Crippen LogP contribution < -0.4 is 0 Å². The van der Waals surface area contributed by atoms with E-state index in [9.17, 15) is 4.79 Å². The molecule has 0 saturated carbocycles. The number of nitrogens with zero attached hydrogens (tertiary/aromatic N) is 1. The number of carbonyl (C=O) groups excluding carboxylic acids is 1. The maximum Gasteiger partial charge on any atom is 0.166 e. The van der Waals surface area contributed by atoms with E-state index in [1.54, 1.807) is 0 Å². The lowest BCUT2D eigenvalue weighted by atomic mass is 9.89. The third-order valence-electron chi connectivity index (χ3n) is 3.87. The summed E-state index contributed by atoms with van der Waals surface area (Å²) in [6.07, 6.45) is 4.24. The molecule has 2 rings (SSSR count). The molecule has 0 radical (unpaired) electrons. The Morgan fingerprint density at radius 2 is 1.84 bits per heavy atom. The van der Waals surface area contributed by atoms with E-state index < -0.39 is 0 Å². The van der Waals surface area contributed by atoms with Gasteiger partial charge in [-0.05, 0) is 45.3 Å². The predicted molar refractivity (Wildman–Crippen MR) is 79.9 cm³/mol. The molecule has 1 aromatic carbocycles. The molecule has 0 atom stereocenters. The molecule has 1 aliphatic heterocycles. The summed E-state index contributed by atoms with van der Waals surface area (Å²) in [6.45, 7) is 3.22. The van der Waals surface area contributed by atoms with Crippen molar-refractivity contribution in [3.8, 4) is 0 Å². The second-order valence-corrected chi connectivity index (χ2v) is 5.62. The van der Waals surface area contributed by atoms with Gasteiger partial charge in [-0.15, -0.1) is 11.6 Å². The van der Waals surface area contributed by atoms with E-state index in [0.29, 0.717) is 5.78 Å². The number of alkyl halides is 1. The second kappa shape index (κ2) is 7.66. The Hall–Kier alpha value is -0.860. The van der Waals surface area contributed by atoms with Crippen LogP contribution in [0.5, 0.6) is 0 Å². The normalized spacial score (nSPS) is 17.5. The Labute approximate surface area is 120 Å². The van der Waals surface area contributed by atoms with Gasteiger partial charge in [0.2, 0.25) is 0 Å². The third-order valence-corrected chi connectivity index (χ3v) is 4.14. The van der Waals surface area contributed by atoms with E-state index in [0.717, 1.165) is 50.3 Å². The van der Waals surface area contributed by atoms with Gasteiger partial charge in [0.1, 0.15) is 0 Å². The Morgan fingerprint density at radius 1 is 1.16 bits per heavy atom. The Balaban J connectivity index is 1.78. The molecule has 0 bridgehead atoms. The predicted octanol–water partition coefficient (Wildman–Crippen LogP) is 3.60. The van der Waals surface area contributed by atoms with Crippen LogP contribution in [0.2, 0.25) is 0 Å². The summed E-state index contributed by atoms with van der Waals surface area (Å²) in [4.78, 5) is 14.8. The summed E-state index contributed by atoms with van der Waals surface area (Å²) < 4.78 is 0. The first-order chi connectivity index (χ1) is 9.31. The van der Waals surface area contributed by atoms with E-state index in [4.69, 9.17) is 11.6 Å². The minimum absolute atomic E-state index is 0.215. The molecule has 104 valence electrons. The van der Waals surface area contributed by atoms with Gasteiger partial charge >= 0.3 is 0 Å². The van der Waals surface area contributed by atoms with E-state index in [2.05, 4.69) is 4.90 Å². The Kier molecular flexibility index (Phi) is 5.87. The maximum absolute atomic E-state index is 12.3. The molecular weight excluding hydrogens is 258 g/mol. The molecule has 0 N–H and O–H groups in total. The quantitative estimate of drug-likeness (QED) is 0.450. The average Bonchev–Trinajstić information content (AvgIpc) is 2.48. The van der Waals surface area contributed by atoms with Crippen molar-refractivity contribution >= 4 is 17.4 Å². The zero-order valence-electron chi connectivity index (χ0n) is 11.4. The molecule has 1 saturated heterocycles. The smallest absolute Gasteiger partial charge is 0.166 e. The number of unbranched alkanes of at least 4 members (excludes halogenated alkanes) is 1. The fourth-order valence-corrected chi connectivity index (χ4v) is 2.88. The van der Waals surface area contributed by atoms with Gasteiger partial charge in [-0.25, -0.2) is 0 Å². The molecule has 0 spiro atoms. The van der Waals surface area contributed by atoms with E-state index >= 15 is 0 Å². The van der Waals surface area contributed by atoms with Crippen LogP contribution in [0.1, 0.15) is 36.0 Å².